The molecule has 1 aromatic rings. The first kappa shape index (κ1) is 17.7. The Bertz CT molecular complexity index is 556. The van der Waals surface area contributed by atoms with Crippen molar-refractivity contribution in [2.24, 2.45) is 5.92 Å². The van der Waals surface area contributed by atoms with Gasteiger partial charge in [-0.05, 0) is 45.7 Å². The highest BCUT2D eigenvalue weighted by Crippen LogP contribution is 2.29. The molecule has 128 valence electrons. The Hall–Kier alpha value is -1.62. The van der Waals surface area contributed by atoms with Gasteiger partial charge in [0, 0.05) is 25.1 Å². The molecule has 0 radical (unpaired) electrons. The Balaban J connectivity index is 1.87. The van der Waals surface area contributed by atoms with E-state index in [4.69, 9.17) is 21.1 Å². The van der Waals surface area contributed by atoms with Crippen molar-refractivity contribution in [2.45, 2.75) is 39.2 Å². The minimum atomic E-state index is -0.486. The quantitative estimate of drug-likeness (QED) is 0.900. The summed E-state index contributed by atoms with van der Waals surface area (Å²) < 4.78 is 11.2. The van der Waals surface area contributed by atoms with Crippen LogP contribution in [0.3, 0.4) is 0 Å². The number of hydrogen-bond acceptors (Lipinski definition) is 4. The smallest absolute Gasteiger partial charge is 0.410 e. The number of rotatable bonds is 3. The van der Waals surface area contributed by atoms with E-state index in [0.717, 1.165) is 12.8 Å². The van der Waals surface area contributed by atoms with Gasteiger partial charge in [0.25, 0.3) is 0 Å². The minimum absolute atomic E-state index is 0.108. The fraction of sp³-hybridized carbons (Fsp3) is 0.588. The van der Waals surface area contributed by atoms with Crippen LogP contribution >= 0.6 is 11.6 Å². The van der Waals surface area contributed by atoms with Crippen LogP contribution in [0.5, 0.6) is 11.5 Å². The number of carbonyl (C=O) groups excluding carboxylic acids is 1. The summed E-state index contributed by atoms with van der Waals surface area (Å²) in [6, 6.07) is 4.63. The first-order valence-corrected chi connectivity index (χ1v) is 8.21. The average Bonchev–Trinajstić information content (AvgIpc) is 2.45. The van der Waals surface area contributed by atoms with Gasteiger partial charge in [-0.1, -0.05) is 11.6 Å². The Kier molecular flexibility index (Phi) is 5.63. The lowest BCUT2D eigenvalue weighted by atomic mass is 9.99. The van der Waals surface area contributed by atoms with Crippen LogP contribution in [0, 0.1) is 5.92 Å². The van der Waals surface area contributed by atoms with Crippen LogP contribution in [0.1, 0.15) is 33.6 Å². The summed E-state index contributed by atoms with van der Waals surface area (Å²) in [5.41, 5.74) is -0.486. The second-order valence-electron chi connectivity index (χ2n) is 6.86. The van der Waals surface area contributed by atoms with Crippen LogP contribution in [0.25, 0.3) is 0 Å². The molecule has 1 fully saturated rings. The number of ether oxygens (including phenoxy) is 2. The molecule has 23 heavy (non-hydrogen) atoms. The molecule has 5 nitrogen and oxygen atoms in total. The summed E-state index contributed by atoms with van der Waals surface area (Å²) in [6.45, 7) is 7.40. The molecular formula is C17H24ClNO4. The standard InChI is InChI=1S/C17H24ClNO4/c1-17(2,3)23-16(21)19-8-4-5-12(10-19)11-22-15-7-6-13(20)9-14(15)18/h6-7,9,12,20H,4-5,8,10-11H2,1-3H3. The van der Waals surface area contributed by atoms with Crippen molar-refractivity contribution in [3.8, 4) is 11.5 Å². The van der Waals surface area contributed by atoms with Crippen LogP contribution in [0.2, 0.25) is 5.02 Å². The maximum absolute atomic E-state index is 12.1. The summed E-state index contributed by atoms with van der Waals surface area (Å²) in [7, 11) is 0. The number of halogens is 1. The lowest BCUT2D eigenvalue weighted by Crippen LogP contribution is -2.44. The van der Waals surface area contributed by atoms with E-state index in [1.807, 2.05) is 20.8 Å². The molecule has 0 aliphatic carbocycles. The second-order valence-corrected chi connectivity index (χ2v) is 7.27. The van der Waals surface area contributed by atoms with Crippen LogP contribution in [-0.4, -0.2) is 41.4 Å². The van der Waals surface area contributed by atoms with Crippen molar-refractivity contribution < 1.29 is 19.4 Å². The summed E-state index contributed by atoms with van der Waals surface area (Å²) in [5, 5.41) is 9.72. The Morgan fingerprint density at radius 1 is 1.43 bits per heavy atom. The van der Waals surface area contributed by atoms with Crippen molar-refractivity contribution in [1.29, 1.82) is 0 Å². The van der Waals surface area contributed by atoms with Crippen molar-refractivity contribution >= 4 is 17.7 Å². The second kappa shape index (κ2) is 7.30. The fourth-order valence-corrected chi connectivity index (χ4v) is 2.74. The summed E-state index contributed by atoms with van der Waals surface area (Å²) >= 11 is 6.03. The lowest BCUT2D eigenvalue weighted by Gasteiger charge is -2.34. The molecule has 6 heteroatoms. The summed E-state index contributed by atoms with van der Waals surface area (Å²) in [6.07, 6.45) is 1.65. The number of likely N-dealkylation sites (tertiary alicyclic amines) is 1. The van der Waals surface area contributed by atoms with E-state index in [2.05, 4.69) is 0 Å². The van der Waals surface area contributed by atoms with Crippen molar-refractivity contribution in [2.75, 3.05) is 19.7 Å². The van der Waals surface area contributed by atoms with Crippen molar-refractivity contribution in [1.82, 2.24) is 4.90 Å². The third-order valence-electron chi connectivity index (χ3n) is 3.56. The molecule has 1 atom stereocenters. The van der Waals surface area contributed by atoms with E-state index in [0.29, 0.717) is 30.5 Å². The molecule has 1 aromatic carbocycles. The molecule has 0 bridgehead atoms. The highest BCUT2D eigenvalue weighted by atomic mass is 35.5. The Morgan fingerprint density at radius 2 is 2.17 bits per heavy atom. The molecule has 1 heterocycles. The molecule has 1 saturated heterocycles. The predicted molar refractivity (Wildman–Crippen MR) is 89.1 cm³/mol. The monoisotopic (exact) mass is 341 g/mol. The zero-order valence-electron chi connectivity index (χ0n) is 13.8. The normalized spacial score (nSPS) is 18.6. The molecule has 2 rings (SSSR count). The maximum Gasteiger partial charge on any atom is 0.410 e. The first-order valence-electron chi connectivity index (χ1n) is 7.84. The van der Waals surface area contributed by atoms with Crippen molar-refractivity contribution in [3.05, 3.63) is 23.2 Å². The molecule has 1 amide bonds. The Morgan fingerprint density at radius 3 is 2.83 bits per heavy atom. The van der Waals surface area contributed by atoms with E-state index < -0.39 is 5.60 Å². The van der Waals surface area contributed by atoms with Gasteiger partial charge in [-0.2, -0.15) is 0 Å². The Labute approximate surface area is 142 Å². The maximum atomic E-state index is 12.1. The first-order chi connectivity index (χ1) is 10.7. The van der Waals surface area contributed by atoms with Crippen LogP contribution in [-0.2, 0) is 4.74 Å². The van der Waals surface area contributed by atoms with Gasteiger partial charge >= 0.3 is 6.09 Å². The molecule has 1 aliphatic rings. The topological polar surface area (TPSA) is 59.0 Å². The molecule has 0 saturated carbocycles. The number of carbonyl (C=O) groups is 1. The largest absolute Gasteiger partial charge is 0.508 e. The van der Waals surface area contributed by atoms with Crippen LogP contribution in [0.15, 0.2) is 18.2 Å². The number of aromatic hydroxyl groups is 1. The number of amides is 1. The van der Waals surface area contributed by atoms with E-state index in [-0.39, 0.29) is 17.8 Å². The van der Waals surface area contributed by atoms with Gasteiger partial charge in [0.05, 0.1) is 11.6 Å². The highest BCUT2D eigenvalue weighted by molar-refractivity contribution is 6.32. The molecule has 1 aliphatic heterocycles. The molecule has 1 N–H and O–H groups in total. The van der Waals surface area contributed by atoms with Gasteiger partial charge in [0.1, 0.15) is 17.1 Å². The van der Waals surface area contributed by atoms with E-state index >= 15 is 0 Å². The summed E-state index contributed by atoms with van der Waals surface area (Å²) in [5.74, 6) is 0.885. The van der Waals surface area contributed by atoms with E-state index in [1.165, 1.54) is 12.1 Å². The number of phenolic OH excluding ortho intramolecular Hbond substituents is 1. The van der Waals surface area contributed by atoms with Gasteiger partial charge in [-0.15, -0.1) is 0 Å². The number of benzene rings is 1. The number of hydrogen-bond donors (Lipinski definition) is 1. The van der Waals surface area contributed by atoms with Crippen LogP contribution in [0.4, 0.5) is 4.79 Å². The lowest BCUT2D eigenvalue weighted by molar-refractivity contribution is 0.0139. The van der Waals surface area contributed by atoms with E-state index in [1.54, 1.807) is 11.0 Å². The third kappa shape index (κ3) is 5.50. The molecule has 0 spiro atoms. The average molecular weight is 342 g/mol. The number of phenols is 1. The molecule has 1 unspecified atom stereocenters. The van der Waals surface area contributed by atoms with Gasteiger partial charge < -0.3 is 19.5 Å². The van der Waals surface area contributed by atoms with Gasteiger partial charge in [0.15, 0.2) is 0 Å². The fourth-order valence-electron chi connectivity index (χ4n) is 2.51. The van der Waals surface area contributed by atoms with Crippen LogP contribution < -0.4 is 4.74 Å². The van der Waals surface area contributed by atoms with Gasteiger partial charge in [-0.25, -0.2) is 4.79 Å². The van der Waals surface area contributed by atoms with Gasteiger partial charge in [0.2, 0.25) is 0 Å². The van der Waals surface area contributed by atoms with Gasteiger partial charge in [-0.3, -0.25) is 0 Å². The van der Waals surface area contributed by atoms with E-state index in [9.17, 15) is 9.90 Å². The molecule has 0 aromatic heterocycles. The third-order valence-corrected chi connectivity index (χ3v) is 3.86. The number of piperidine rings is 1. The molecular weight excluding hydrogens is 318 g/mol. The number of nitrogens with zero attached hydrogens (tertiary/aromatic N) is 1. The SMILES string of the molecule is CC(C)(C)OC(=O)N1CCCC(COc2ccc(O)cc2Cl)C1. The zero-order valence-corrected chi connectivity index (χ0v) is 14.6. The summed E-state index contributed by atoms with van der Waals surface area (Å²) in [4.78, 5) is 13.9. The zero-order chi connectivity index (χ0) is 17.0. The minimum Gasteiger partial charge on any atom is -0.508 e. The highest BCUT2D eigenvalue weighted by Gasteiger charge is 2.28. The van der Waals surface area contributed by atoms with Crippen molar-refractivity contribution in [3.63, 3.8) is 0 Å². The predicted octanol–water partition coefficient (Wildman–Crippen LogP) is 4.07.